The highest BCUT2D eigenvalue weighted by Gasteiger charge is 2.59. The Morgan fingerprint density at radius 3 is 1.40 bits per heavy atom. The molecule has 1 saturated carbocycles. The van der Waals surface area contributed by atoms with Gasteiger partial charge in [0.15, 0.2) is 31.2 Å². The van der Waals surface area contributed by atoms with Crippen LogP contribution in [0, 0.1) is 0 Å². The zero-order valence-corrected chi connectivity index (χ0v) is 73.7. The molecule has 3 unspecified atom stereocenters. The number of hydrogen-bond acceptors (Lipinski definition) is 41. The minimum Gasteiger partial charge on any atom is -0.778 e. The standard InChI is InChI=1S/C77H144N3O41P3/c1-3-5-7-9-11-13-15-17-19-20-22-24-26-28-30-32-51(83)111-45(40-105-35-31-29-27-25-23-21-18-16-14-12-10-8-6-4-2)41-109-124(103,104)121-70-65(96)61(92)60(91)64(95)69(70)118-73-52(80)57(88)68(50(116-73)44-108-122(99,100)37-34-79)117-75-67(98)59(90)55(86)48(114-75)42-106-76-71(62(93)54(85)47(39-82)113-76)120-77-72(119-74-66(97)58(89)53(84)46(38-81)112-74)63(94)56(87)49(115-77)43-110-123(101,102)107-36-33-78/h11,13,17,19,45-50,52-77,81-82,84-98H,3-10,12,14-16,18,20-44,78-80H2,1-2H3,(H,99,100)(H,101,102)(H,103,104)/b13-11+,19-17+/t45-,46+,47+,48+,49+,50+,52+,53+,54+,55+,56+,57+,58-,59-,60+,61+,62-,63-,64-,65+,66-,67-,68+,69+,70+,71-,72-,73+,74+,75+,76-,77+/m0/s1. The fourth-order valence-electron chi connectivity index (χ4n) is 14.9. The molecular weight excluding hydrogens is 1720 g/mol. The first kappa shape index (κ1) is 111. The van der Waals surface area contributed by atoms with Crippen LogP contribution >= 0.6 is 23.2 Å². The highest BCUT2D eigenvalue weighted by atomic mass is 31.2. The van der Waals surface area contributed by atoms with Crippen LogP contribution in [0.4, 0.5) is 0 Å². The minimum absolute atomic E-state index is 0.0288. The number of ether oxygens (including phenoxy) is 12. The van der Waals surface area contributed by atoms with Gasteiger partial charge in [-0.2, -0.15) is 0 Å². The third-order valence-corrected chi connectivity index (χ3v) is 25.7. The van der Waals surface area contributed by atoms with Gasteiger partial charge in [0.2, 0.25) is 6.29 Å². The van der Waals surface area contributed by atoms with E-state index >= 15 is 0 Å². The van der Waals surface area contributed by atoms with E-state index in [4.69, 9.17) is 74.9 Å². The van der Waals surface area contributed by atoms with Gasteiger partial charge < -0.3 is 203 Å². The van der Waals surface area contributed by atoms with E-state index in [9.17, 15) is 120 Å². The highest BCUT2D eigenvalue weighted by Crippen LogP contribution is 2.46. The summed E-state index contributed by atoms with van der Waals surface area (Å²) in [6.45, 7) is -2.86. The van der Waals surface area contributed by atoms with Gasteiger partial charge >= 0.3 is 5.97 Å². The van der Waals surface area contributed by atoms with Gasteiger partial charge in [0, 0.05) is 13.0 Å². The van der Waals surface area contributed by atoms with Crippen molar-refractivity contribution in [1.82, 2.24) is 0 Å². The number of unbranched alkanes of at least 4 members (excludes halogenated alkanes) is 21. The number of aliphatic hydroxyl groups excluding tert-OH is 17. The van der Waals surface area contributed by atoms with Crippen molar-refractivity contribution < 1.29 is 217 Å². The van der Waals surface area contributed by atoms with Crippen molar-refractivity contribution in [3.63, 3.8) is 0 Å². The first-order valence-electron chi connectivity index (χ1n) is 43.7. The van der Waals surface area contributed by atoms with Gasteiger partial charge in [-0.3, -0.25) is 13.9 Å². The van der Waals surface area contributed by atoms with Gasteiger partial charge in [-0.25, -0.2) is 0 Å². The van der Waals surface area contributed by atoms with Crippen molar-refractivity contribution in [3.8, 4) is 0 Å². The molecule has 35 atom stereocenters. The van der Waals surface area contributed by atoms with Gasteiger partial charge in [0.25, 0.3) is 15.6 Å². The van der Waals surface area contributed by atoms with Crippen LogP contribution in [0.1, 0.15) is 181 Å². The minimum atomic E-state index is -5.85. The zero-order chi connectivity index (χ0) is 91.3. The summed E-state index contributed by atoms with van der Waals surface area (Å²) in [6, 6.07) is -1.81. The van der Waals surface area contributed by atoms with E-state index in [0.29, 0.717) is 19.3 Å². The predicted molar refractivity (Wildman–Crippen MR) is 422 cm³/mol. The molecule has 0 bridgehead atoms. The monoisotopic (exact) mass is 1860 g/mol. The molecule has 0 aromatic heterocycles. The number of hydrogen-bond donors (Lipinski definition) is 20. The Morgan fingerprint density at radius 1 is 0.395 bits per heavy atom. The SMILES string of the molecule is CCCCC/C=C/C/C=C/CCCCCCCC(=O)O[C@@H](COCCCCCCCCCCCCCCCC)COP(=O)([O-])O[C@@H]1[C@H](O)[C@H](O)[C@@H](O)[C@H](O)[C@H]1O[C@H]1O[C@H](COP(=O)([O-])CC[NH3+])[C@@H](O[C@H]2O[C@H](CO[C@H]3O[C@H](CO)[C@@H](O)[C@H](O)[C@@H]3O[C@H]3O[C@H](COP(=O)([O-])OCC[NH3+])[C@@H](O)[C@H](O)[C@@H]3O[C@H]3O[C@H](CO)[C@@H](O)[C@H](O)[C@@H]3O)[C@@H](O)[C@H](O)[C@@H]2O)[C@H](O)[C@H]1[NH3+]. The van der Waals surface area contributed by atoms with Crippen LogP contribution in [0.5, 0.6) is 0 Å². The lowest BCUT2D eigenvalue weighted by atomic mass is 9.84. The fraction of sp³-hybridized carbons (Fsp3) is 0.935. The van der Waals surface area contributed by atoms with Crippen LogP contribution < -0.4 is 31.9 Å². The average molecular weight is 1860 g/mol. The van der Waals surface area contributed by atoms with Crippen molar-refractivity contribution in [2.45, 2.75) is 377 Å². The molecule has 47 heteroatoms. The maximum absolute atomic E-state index is 14.0. The quantitative estimate of drug-likeness (QED) is 0.0117. The molecule has 0 amide bonds. The van der Waals surface area contributed by atoms with Crippen LogP contribution in [0.2, 0.25) is 0 Å². The van der Waals surface area contributed by atoms with Crippen LogP contribution in [0.3, 0.4) is 0 Å². The molecule has 0 aromatic rings. The van der Waals surface area contributed by atoms with Crippen molar-refractivity contribution in [2.75, 3.05) is 78.7 Å². The molecule has 5 aliphatic heterocycles. The van der Waals surface area contributed by atoms with Crippen molar-refractivity contribution in [1.29, 1.82) is 0 Å². The first-order chi connectivity index (χ1) is 59.1. The largest absolute Gasteiger partial charge is 0.778 e. The van der Waals surface area contributed by atoms with E-state index in [1.165, 1.54) is 70.6 Å². The first-order valence-corrected chi connectivity index (χ1v) is 48.4. The molecule has 0 aromatic carbocycles. The van der Waals surface area contributed by atoms with Gasteiger partial charge in [0.1, 0.15) is 173 Å². The van der Waals surface area contributed by atoms with E-state index in [-0.39, 0.29) is 32.7 Å². The number of carbonyl (C=O) groups is 1. The van der Waals surface area contributed by atoms with Crippen molar-refractivity contribution in [3.05, 3.63) is 24.3 Å². The van der Waals surface area contributed by atoms with Gasteiger partial charge in [-0.05, 0) is 44.9 Å². The van der Waals surface area contributed by atoms with E-state index < -0.39 is 278 Å². The molecule has 6 rings (SSSR count). The smallest absolute Gasteiger partial charge is 0.306 e. The second kappa shape index (κ2) is 57.6. The number of quaternary nitrogens is 3. The maximum Gasteiger partial charge on any atom is 0.306 e. The number of carbonyl (C=O) groups excluding carboxylic acids is 1. The number of esters is 1. The summed E-state index contributed by atoms with van der Waals surface area (Å²) < 4.78 is 136. The summed E-state index contributed by atoms with van der Waals surface area (Å²) in [5.74, 6) is -0.684. The van der Waals surface area contributed by atoms with Gasteiger partial charge in [-0.15, -0.1) is 0 Å². The third-order valence-electron chi connectivity index (χ3n) is 22.3. The number of aliphatic hydroxyl groups is 17. The number of allylic oxidation sites excluding steroid dienone is 4. The topological polar surface area (TPSA) is 721 Å². The summed E-state index contributed by atoms with van der Waals surface area (Å²) in [7, 11) is -16.0. The third kappa shape index (κ3) is 35.8. The van der Waals surface area contributed by atoms with Gasteiger partial charge in [-0.1, -0.05) is 154 Å². The van der Waals surface area contributed by atoms with E-state index in [1.54, 1.807) is 0 Å². The lowest BCUT2D eigenvalue weighted by Crippen LogP contribution is -2.79. The Labute approximate surface area is 723 Å². The highest BCUT2D eigenvalue weighted by molar-refractivity contribution is 7.51. The molecule has 5 heterocycles. The molecule has 44 nitrogen and oxygen atoms in total. The predicted octanol–water partition coefficient (Wildman–Crippen LogP) is -6.16. The van der Waals surface area contributed by atoms with E-state index in [2.05, 4.69) is 59.9 Å². The Kier molecular flexibility index (Phi) is 51.5. The zero-order valence-electron chi connectivity index (χ0n) is 71.0. The van der Waals surface area contributed by atoms with Crippen LogP contribution in [-0.4, -0.2) is 368 Å². The summed E-state index contributed by atoms with van der Waals surface area (Å²) in [4.78, 5) is 53.2. The summed E-state index contributed by atoms with van der Waals surface area (Å²) in [5.41, 5.74) is 10.8. The van der Waals surface area contributed by atoms with Crippen LogP contribution in [-0.2, 0) is 98.0 Å². The maximum atomic E-state index is 14.0. The van der Waals surface area contributed by atoms with Gasteiger partial charge in [0.05, 0.1) is 65.5 Å². The molecule has 0 radical (unpaired) electrons. The summed E-state index contributed by atoms with van der Waals surface area (Å²) in [5, 5.41) is 190. The summed E-state index contributed by atoms with van der Waals surface area (Å²) in [6.07, 6.45) is -32.9. The van der Waals surface area contributed by atoms with E-state index in [1.807, 2.05) is 0 Å². The second-order valence-corrected chi connectivity index (χ2v) is 37.0. The fourth-order valence-corrected chi connectivity index (χ4v) is 17.5. The second-order valence-electron chi connectivity index (χ2n) is 32.3. The number of rotatable bonds is 61. The average Bonchev–Trinajstić information content (AvgIpc) is 0.768. The molecule has 0 spiro atoms. The molecular formula is C77H144N3O41P3. The molecule has 728 valence electrons. The molecule has 124 heavy (non-hydrogen) atoms. The molecule has 6 fully saturated rings. The van der Waals surface area contributed by atoms with Crippen molar-refractivity contribution >= 4 is 29.2 Å². The molecule has 6 aliphatic rings. The Balaban J connectivity index is 1.16. The number of phosphoric acid groups is 2. The lowest BCUT2D eigenvalue weighted by Gasteiger charge is -2.49. The Morgan fingerprint density at radius 2 is 0.823 bits per heavy atom. The number of phosphoric ester groups is 2. The molecule has 5 saturated heterocycles. The normalized spacial score (nSPS) is 36.9. The van der Waals surface area contributed by atoms with Crippen molar-refractivity contribution in [2.24, 2.45) is 0 Å². The molecule has 1 aliphatic carbocycles. The Hall–Kier alpha value is -1.92. The van der Waals surface area contributed by atoms with Crippen LogP contribution in [0.25, 0.3) is 0 Å². The molecule has 26 N–H and O–H groups in total. The Bertz CT molecular complexity index is 3120. The van der Waals surface area contributed by atoms with Crippen LogP contribution in [0.15, 0.2) is 24.3 Å². The lowest BCUT2D eigenvalue weighted by molar-refractivity contribution is -0.510. The van der Waals surface area contributed by atoms with E-state index in [0.717, 1.165) is 70.6 Å². The summed E-state index contributed by atoms with van der Waals surface area (Å²) >= 11 is 0.